The summed E-state index contributed by atoms with van der Waals surface area (Å²) in [6, 6.07) is 7.70. The quantitative estimate of drug-likeness (QED) is 0.735. The topological polar surface area (TPSA) is 41.5 Å². The molecule has 3 nitrogen and oxygen atoms in total. The van der Waals surface area contributed by atoms with E-state index < -0.39 is 6.41 Å². The average Bonchev–Trinajstić information content (AvgIpc) is 2.24. The van der Waals surface area contributed by atoms with Crippen molar-refractivity contribution in [1.29, 1.82) is 0 Å². The number of methoxy groups -OCH3 is 1. The second-order valence-electron chi connectivity index (χ2n) is 2.60. The van der Waals surface area contributed by atoms with Gasteiger partial charge < -0.3 is 15.2 Å². The monoisotopic (exact) mass is 199 g/mol. The van der Waals surface area contributed by atoms with Crippen molar-refractivity contribution in [3.8, 4) is 0 Å². The lowest BCUT2D eigenvalue weighted by molar-refractivity contribution is -0.0509. The molecule has 0 radical (unpaired) electrons. The minimum Gasteiger partial charge on any atom is -0.351 e. The van der Waals surface area contributed by atoms with Crippen molar-refractivity contribution in [2.75, 3.05) is 12.4 Å². The van der Waals surface area contributed by atoms with Gasteiger partial charge in [-0.2, -0.15) is 0 Å². The van der Waals surface area contributed by atoms with Gasteiger partial charge in [0, 0.05) is 14.2 Å². The number of aryl methyl sites for hydroxylation is 1. The summed E-state index contributed by atoms with van der Waals surface area (Å²) < 4.78 is 4.63. The van der Waals surface area contributed by atoms with E-state index in [9.17, 15) is 0 Å². The first kappa shape index (κ1) is 12.9. The lowest BCUT2D eigenvalue weighted by atomic mass is 10.2. The summed E-state index contributed by atoms with van der Waals surface area (Å²) in [6.07, 6.45) is -0.937. The number of anilines is 1. The molecule has 14 heavy (non-hydrogen) atoms. The highest BCUT2D eigenvalue weighted by Gasteiger charge is 1.98. The summed E-state index contributed by atoms with van der Waals surface area (Å²) >= 11 is 0. The number of aliphatic hydroxyl groups is 1. The lowest BCUT2D eigenvalue weighted by Gasteiger charge is -2.11. The molecule has 1 aromatic carbocycles. The van der Waals surface area contributed by atoms with Crippen LogP contribution in [0.25, 0.3) is 0 Å². The van der Waals surface area contributed by atoms with Crippen LogP contribution in [0.1, 0.15) is 20.8 Å². The van der Waals surface area contributed by atoms with Crippen LogP contribution in [0.5, 0.6) is 0 Å². The molecule has 1 rings (SSSR count). The second-order valence-corrected chi connectivity index (χ2v) is 2.60. The smallest absolute Gasteiger partial charge is 0.235 e. The molecule has 0 bridgehead atoms. The van der Waals surface area contributed by atoms with Crippen LogP contribution < -0.4 is 5.32 Å². The lowest BCUT2D eigenvalue weighted by Crippen LogP contribution is -2.20. The van der Waals surface area contributed by atoms with E-state index in [2.05, 4.69) is 10.1 Å². The zero-order valence-corrected chi connectivity index (χ0v) is 9.24. The molecule has 0 aliphatic carbocycles. The average molecular weight is 199 g/mol. The molecule has 0 spiro atoms. The van der Waals surface area contributed by atoms with Crippen molar-refractivity contribution < 1.29 is 11.3 Å². The number of nitrogens with one attached hydrogen (secondary N) is 1. The number of hydrogen-bond acceptors (Lipinski definition) is 3. The maximum atomic E-state index is 9.05. The van der Waals surface area contributed by atoms with Crippen molar-refractivity contribution in [2.45, 2.75) is 27.2 Å². The maximum absolute atomic E-state index is 9.05. The molecule has 0 saturated carbocycles. The minimum atomic E-state index is -0.937. The van der Waals surface area contributed by atoms with Gasteiger partial charge in [-0.3, -0.25) is 0 Å². The van der Waals surface area contributed by atoms with Gasteiger partial charge in [0.15, 0.2) is 0 Å². The predicted octanol–water partition coefficient (Wildman–Crippen LogP) is 2.60. The van der Waals surface area contributed by atoms with E-state index in [4.69, 9.17) is 5.11 Å². The van der Waals surface area contributed by atoms with Gasteiger partial charge in [-0.1, -0.05) is 31.5 Å². The molecule has 1 atom stereocenters. The highest BCUT2D eigenvalue weighted by Crippen LogP contribution is 2.09. The Kier molecular flexibility index (Phi) is 6.80. The van der Waals surface area contributed by atoms with Gasteiger partial charge in [0.1, 0.15) is 0 Å². The van der Waals surface area contributed by atoms with Gasteiger partial charge in [-0.15, -0.1) is 0 Å². The minimum absolute atomic E-state index is 0. The Hall–Kier alpha value is -1.06. The molecule has 0 amide bonds. The highest BCUT2D eigenvalue weighted by atomic mass is 16.6. The van der Waals surface area contributed by atoms with Gasteiger partial charge in [-0.05, 0) is 19.1 Å². The summed E-state index contributed by atoms with van der Waals surface area (Å²) in [5.74, 6) is 0. The fourth-order valence-corrected chi connectivity index (χ4v) is 0.851. The number of aliphatic hydroxyl groups excluding tert-OH is 1. The first-order valence-corrected chi connectivity index (χ1v) is 4.76. The van der Waals surface area contributed by atoms with Crippen LogP contribution in [0.2, 0.25) is 0 Å². The van der Waals surface area contributed by atoms with Crippen molar-refractivity contribution in [3.05, 3.63) is 29.8 Å². The predicted molar refractivity (Wildman–Crippen MR) is 61.3 cm³/mol. The number of hydrogen-bond donors (Lipinski definition) is 2. The Morgan fingerprint density at radius 1 is 1.29 bits per heavy atom. The molecule has 82 valence electrons. The molecular formula is C11H21NO2. The Morgan fingerprint density at radius 3 is 2.21 bits per heavy atom. The molecule has 0 unspecified atom stereocenters. The third kappa shape index (κ3) is 4.84. The van der Waals surface area contributed by atoms with Crippen LogP contribution in [-0.4, -0.2) is 18.6 Å². The van der Waals surface area contributed by atoms with Crippen LogP contribution >= 0.6 is 0 Å². The summed E-state index contributed by atoms with van der Waals surface area (Å²) in [6.45, 7) is 6.01. The van der Waals surface area contributed by atoms with Gasteiger partial charge >= 0.3 is 0 Å². The van der Waals surface area contributed by atoms with Crippen LogP contribution in [0.4, 0.5) is 5.69 Å². The fraction of sp³-hybridized carbons (Fsp3) is 0.455. The highest BCUT2D eigenvalue weighted by molar-refractivity contribution is 5.44. The van der Waals surface area contributed by atoms with Gasteiger partial charge in [0.2, 0.25) is 6.41 Å². The van der Waals surface area contributed by atoms with Crippen LogP contribution in [-0.2, 0) is 4.74 Å². The van der Waals surface area contributed by atoms with E-state index in [0.29, 0.717) is 0 Å². The first-order chi connectivity index (χ1) is 6.72. The molecule has 0 aromatic heterocycles. The van der Waals surface area contributed by atoms with Gasteiger partial charge in [-0.25, -0.2) is 0 Å². The number of ether oxygens (including phenoxy) is 1. The molecule has 0 fully saturated rings. The normalized spacial score (nSPS) is 11.2. The van der Waals surface area contributed by atoms with E-state index in [1.165, 1.54) is 12.7 Å². The molecule has 0 saturated heterocycles. The van der Waals surface area contributed by atoms with Crippen LogP contribution in [0.3, 0.4) is 0 Å². The molecule has 3 heteroatoms. The SMILES string of the molecule is CC.CO[C@H](O)Nc1ccc(C)cc1.[HH]. The van der Waals surface area contributed by atoms with E-state index >= 15 is 0 Å². The molecule has 0 aliphatic heterocycles. The standard InChI is InChI=1S/C9H13NO2.C2H6.H2/c1-7-3-5-8(6-4-7)10-9(11)12-2;1-2;/h3-6,9-11H,1-2H3;1-2H3;1H/t9-;;/m0../s1. The van der Waals surface area contributed by atoms with E-state index in [1.807, 2.05) is 45.0 Å². The number of rotatable bonds is 3. The summed E-state index contributed by atoms with van der Waals surface area (Å²) in [4.78, 5) is 0. The Bertz CT molecular complexity index is 239. The van der Waals surface area contributed by atoms with Crippen molar-refractivity contribution >= 4 is 5.69 Å². The number of benzene rings is 1. The largest absolute Gasteiger partial charge is 0.351 e. The zero-order valence-electron chi connectivity index (χ0n) is 9.24. The second kappa shape index (κ2) is 7.35. The van der Waals surface area contributed by atoms with Gasteiger partial charge in [0.25, 0.3) is 0 Å². The molecule has 2 N–H and O–H groups in total. The maximum Gasteiger partial charge on any atom is 0.235 e. The summed E-state index contributed by atoms with van der Waals surface area (Å²) in [7, 11) is 1.44. The van der Waals surface area contributed by atoms with Crippen LogP contribution in [0.15, 0.2) is 24.3 Å². The molecule has 1 aromatic rings. The summed E-state index contributed by atoms with van der Waals surface area (Å²) in [5.41, 5.74) is 2.03. The Morgan fingerprint density at radius 2 is 1.79 bits per heavy atom. The molecular weight excluding hydrogens is 178 g/mol. The van der Waals surface area contributed by atoms with Crippen molar-refractivity contribution in [2.24, 2.45) is 0 Å². The third-order valence-corrected chi connectivity index (χ3v) is 1.56. The first-order valence-electron chi connectivity index (χ1n) is 4.76. The Labute approximate surface area is 87.2 Å². The van der Waals surface area contributed by atoms with Gasteiger partial charge in [0.05, 0.1) is 0 Å². The third-order valence-electron chi connectivity index (χ3n) is 1.56. The zero-order chi connectivity index (χ0) is 11.0. The van der Waals surface area contributed by atoms with E-state index in [0.717, 1.165) is 5.69 Å². The van der Waals surface area contributed by atoms with Crippen LogP contribution in [0, 0.1) is 6.92 Å². The summed E-state index contributed by atoms with van der Waals surface area (Å²) in [5, 5.41) is 11.8. The van der Waals surface area contributed by atoms with E-state index in [-0.39, 0.29) is 1.43 Å². The fourth-order valence-electron chi connectivity index (χ4n) is 0.851. The molecule has 0 heterocycles. The Balaban J connectivity index is 0. The molecule has 0 aliphatic rings. The van der Waals surface area contributed by atoms with E-state index in [1.54, 1.807) is 0 Å². The van der Waals surface area contributed by atoms with Crippen molar-refractivity contribution in [1.82, 2.24) is 0 Å². The van der Waals surface area contributed by atoms with Crippen molar-refractivity contribution in [3.63, 3.8) is 0 Å².